The molecule has 4 rings (SSSR count). The molecule has 0 aliphatic carbocycles. The van der Waals surface area contributed by atoms with E-state index in [4.69, 9.17) is 16.0 Å². The van der Waals surface area contributed by atoms with Gasteiger partial charge in [-0.1, -0.05) is 29.8 Å². The number of carbonyl (C=O) groups excluding carboxylic acids is 2. The van der Waals surface area contributed by atoms with E-state index < -0.39 is 5.82 Å². The largest absolute Gasteiger partial charge is 0.444 e. The number of carbonyl (C=O) groups is 2. The van der Waals surface area contributed by atoms with Crippen molar-refractivity contribution in [2.75, 3.05) is 26.2 Å². The lowest BCUT2D eigenvalue weighted by Crippen LogP contribution is -2.51. The summed E-state index contributed by atoms with van der Waals surface area (Å²) in [5.41, 5.74) is 1.67. The van der Waals surface area contributed by atoms with Crippen LogP contribution in [-0.2, 0) is 11.2 Å². The van der Waals surface area contributed by atoms with Gasteiger partial charge in [0.05, 0.1) is 22.7 Å². The highest BCUT2D eigenvalue weighted by molar-refractivity contribution is 6.33. The molecule has 0 saturated carbocycles. The maximum absolute atomic E-state index is 13.2. The highest BCUT2D eigenvalue weighted by Gasteiger charge is 2.26. The monoisotopic (exact) mass is 427 g/mol. The van der Waals surface area contributed by atoms with Crippen molar-refractivity contribution in [2.45, 2.75) is 6.42 Å². The highest BCUT2D eigenvalue weighted by Crippen LogP contribution is 2.21. The standard InChI is InChI=1S/C22H19ClFN3O3/c23-19-12-16(24)6-7-18(19)22(29)27-10-8-26(9-11-27)20(28)13-17-14-30-21(25-17)15-4-2-1-3-5-15/h1-7,12,14H,8-11,13H2. The van der Waals surface area contributed by atoms with Gasteiger partial charge in [-0.15, -0.1) is 0 Å². The molecule has 1 fully saturated rings. The maximum atomic E-state index is 13.2. The SMILES string of the molecule is O=C(Cc1coc(-c2ccccc2)n1)N1CCN(C(=O)c2ccc(F)cc2Cl)CC1. The number of nitrogens with zero attached hydrogens (tertiary/aromatic N) is 3. The summed E-state index contributed by atoms with van der Waals surface area (Å²) in [7, 11) is 0. The summed E-state index contributed by atoms with van der Waals surface area (Å²) < 4.78 is 18.7. The van der Waals surface area contributed by atoms with E-state index in [0.717, 1.165) is 11.6 Å². The molecule has 1 aliphatic rings. The van der Waals surface area contributed by atoms with E-state index in [1.165, 1.54) is 18.4 Å². The minimum atomic E-state index is -0.491. The molecular formula is C22H19ClFN3O3. The lowest BCUT2D eigenvalue weighted by atomic mass is 10.1. The summed E-state index contributed by atoms with van der Waals surface area (Å²) in [4.78, 5) is 33.0. The third-order valence-electron chi connectivity index (χ3n) is 4.99. The molecule has 1 saturated heterocycles. The second-order valence-electron chi connectivity index (χ2n) is 6.98. The molecule has 154 valence electrons. The van der Waals surface area contributed by atoms with Crippen molar-refractivity contribution >= 4 is 23.4 Å². The van der Waals surface area contributed by atoms with Crippen LogP contribution in [0.4, 0.5) is 4.39 Å². The quantitative estimate of drug-likeness (QED) is 0.637. The molecular weight excluding hydrogens is 409 g/mol. The molecule has 2 aromatic carbocycles. The van der Waals surface area contributed by atoms with Crippen LogP contribution in [-0.4, -0.2) is 52.8 Å². The van der Waals surface area contributed by atoms with Crippen molar-refractivity contribution < 1.29 is 18.4 Å². The number of rotatable bonds is 4. The Hall–Kier alpha value is -3.19. The number of halogens is 2. The first kappa shape index (κ1) is 20.1. The van der Waals surface area contributed by atoms with Crippen molar-refractivity contribution in [3.8, 4) is 11.5 Å². The molecule has 0 unspecified atom stereocenters. The summed E-state index contributed by atoms with van der Waals surface area (Å²) in [6.45, 7) is 1.58. The van der Waals surface area contributed by atoms with E-state index in [1.54, 1.807) is 9.80 Å². The highest BCUT2D eigenvalue weighted by atomic mass is 35.5. The zero-order valence-corrected chi connectivity index (χ0v) is 16.8. The smallest absolute Gasteiger partial charge is 0.255 e. The Morgan fingerprint density at radius 2 is 1.73 bits per heavy atom. The van der Waals surface area contributed by atoms with Gasteiger partial charge in [0.15, 0.2) is 0 Å². The van der Waals surface area contributed by atoms with E-state index in [0.29, 0.717) is 37.8 Å². The Balaban J connectivity index is 1.33. The fourth-order valence-electron chi connectivity index (χ4n) is 3.36. The minimum Gasteiger partial charge on any atom is -0.444 e. The molecule has 0 bridgehead atoms. The molecule has 0 atom stereocenters. The Morgan fingerprint density at radius 1 is 1.03 bits per heavy atom. The Labute approximate surface area is 177 Å². The van der Waals surface area contributed by atoms with Gasteiger partial charge in [-0.3, -0.25) is 9.59 Å². The average Bonchev–Trinajstić information content (AvgIpc) is 3.22. The number of oxazole rings is 1. The van der Waals surface area contributed by atoms with E-state index in [2.05, 4.69) is 4.98 Å². The Bertz CT molecular complexity index is 1060. The van der Waals surface area contributed by atoms with Crippen molar-refractivity contribution in [1.29, 1.82) is 0 Å². The zero-order valence-electron chi connectivity index (χ0n) is 16.1. The van der Waals surface area contributed by atoms with E-state index in [9.17, 15) is 14.0 Å². The fourth-order valence-corrected chi connectivity index (χ4v) is 3.61. The van der Waals surface area contributed by atoms with Gasteiger partial charge >= 0.3 is 0 Å². The number of amides is 2. The molecule has 30 heavy (non-hydrogen) atoms. The van der Waals surface area contributed by atoms with Crippen LogP contribution in [0.25, 0.3) is 11.5 Å². The first-order valence-corrected chi connectivity index (χ1v) is 9.91. The normalized spacial score (nSPS) is 14.1. The van der Waals surface area contributed by atoms with Crippen LogP contribution >= 0.6 is 11.6 Å². The molecule has 1 aliphatic heterocycles. The minimum absolute atomic E-state index is 0.0742. The van der Waals surface area contributed by atoms with Gasteiger partial charge in [0.2, 0.25) is 11.8 Å². The third kappa shape index (κ3) is 4.36. The van der Waals surface area contributed by atoms with Gasteiger partial charge in [0, 0.05) is 31.7 Å². The topological polar surface area (TPSA) is 66.7 Å². The molecule has 0 radical (unpaired) electrons. The second-order valence-corrected chi connectivity index (χ2v) is 7.39. The number of hydrogen-bond acceptors (Lipinski definition) is 4. The van der Waals surface area contributed by atoms with Gasteiger partial charge in [-0.05, 0) is 30.3 Å². The third-order valence-corrected chi connectivity index (χ3v) is 5.30. The summed E-state index contributed by atoms with van der Waals surface area (Å²) in [6.07, 6.45) is 1.63. The number of benzene rings is 2. The van der Waals surface area contributed by atoms with Gasteiger partial charge < -0.3 is 14.2 Å². The first-order chi connectivity index (χ1) is 14.5. The number of hydrogen-bond donors (Lipinski definition) is 0. The Morgan fingerprint density at radius 3 is 2.43 bits per heavy atom. The number of piperazine rings is 1. The maximum Gasteiger partial charge on any atom is 0.255 e. The summed E-state index contributed by atoms with van der Waals surface area (Å²) in [5, 5.41) is 0.0822. The molecule has 1 aromatic heterocycles. The predicted octanol–water partition coefficient (Wildman–Crippen LogP) is 3.66. The van der Waals surface area contributed by atoms with E-state index in [-0.39, 0.29) is 28.8 Å². The van der Waals surface area contributed by atoms with Crippen LogP contribution in [0, 0.1) is 5.82 Å². The fraction of sp³-hybridized carbons (Fsp3) is 0.227. The Kier molecular flexibility index (Phi) is 5.81. The van der Waals surface area contributed by atoms with Crippen molar-refractivity contribution in [3.63, 3.8) is 0 Å². The first-order valence-electron chi connectivity index (χ1n) is 9.53. The molecule has 6 nitrogen and oxygen atoms in total. The molecule has 0 N–H and O–H groups in total. The van der Waals surface area contributed by atoms with Crippen molar-refractivity contribution in [1.82, 2.24) is 14.8 Å². The van der Waals surface area contributed by atoms with E-state index >= 15 is 0 Å². The summed E-state index contributed by atoms with van der Waals surface area (Å²) in [5.74, 6) is -0.355. The molecule has 8 heteroatoms. The second kappa shape index (κ2) is 8.67. The van der Waals surface area contributed by atoms with Crippen LogP contribution in [0.2, 0.25) is 5.02 Å². The van der Waals surface area contributed by atoms with Crippen LogP contribution in [0.5, 0.6) is 0 Å². The summed E-state index contributed by atoms with van der Waals surface area (Å²) in [6, 6.07) is 13.2. The van der Waals surface area contributed by atoms with Crippen LogP contribution in [0.1, 0.15) is 16.1 Å². The molecule has 3 aromatic rings. The molecule has 2 amide bonds. The van der Waals surface area contributed by atoms with Crippen molar-refractivity contribution in [3.05, 3.63) is 76.9 Å². The van der Waals surface area contributed by atoms with E-state index in [1.807, 2.05) is 30.3 Å². The molecule has 0 spiro atoms. The van der Waals surface area contributed by atoms with Crippen LogP contribution in [0.3, 0.4) is 0 Å². The van der Waals surface area contributed by atoms with Crippen molar-refractivity contribution in [2.24, 2.45) is 0 Å². The lowest BCUT2D eigenvalue weighted by molar-refractivity contribution is -0.132. The van der Waals surface area contributed by atoms with Gasteiger partial charge in [0.25, 0.3) is 5.91 Å². The van der Waals surface area contributed by atoms with Crippen LogP contribution in [0.15, 0.2) is 59.2 Å². The lowest BCUT2D eigenvalue weighted by Gasteiger charge is -2.34. The number of aromatic nitrogens is 1. The van der Waals surface area contributed by atoms with Crippen LogP contribution < -0.4 is 0 Å². The predicted molar refractivity (Wildman–Crippen MR) is 110 cm³/mol. The zero-order chi connectivity index (χ0) is 21.1. The van der Waals surface area contributed by atoms with Gasteiger partial charge in [0.1, 0.15) is 12.1 Å². The summed E-state index contributed by atoms with van der Waals surface area (Å²) >= 11 is 5.99. The van der Waals surface area contributed by atoms with Gasteiger partial charge in [-0.25, -0.2) is 9.37 Å². The average molecular weight is 428 g/mol. The molecule has 2 heterocycles. The van der Waals surface area contributed by atoms with Gasteiger partial charge in [-0.2, -0.15) is 0 Å².